The molecule has 0 unspecified atom stereocenters. The maximum atomic E-state index is 12.6. The number of carbonyl (C=O) groups excluding carboxylic acids is 1. The van der Waals surface area contributed by atoms with E-state index in [0.717, 1.165) is 36.0 Å². The van der Waals surface area contributed by atoms with E-state index >= 15 is 0 Å². The lowest BCUT2D eigenvalue weighted by Gasteiger charge is -2.32. The summed E-state index contributed by atoms with van der Waals surface area (Å²) in [6.07, 6.45) is 6.89. The van der Waals surface area contributed by atoms with E-state index in [0.29, 0.717) is 12.3 Å². The molecule has 3 aromatic rings. The summed E-state index contributed by atoms with van der Waals surface area (Å²) in [7, 11) is 1.87. The van der Waals surface area contributed by atoms with Crippen molar-refractivity contribution >= 4 is 22.5 Å². The number of fused-ring (bicyclic) bond motifs is 1. The third kappa shape index (κ3) is 5.06. The third-order valence-corrected chi connectivity index (χ3v) is 6.32. The van der Waals surface area contributed by atoms with Crippen LogP contribution in [0.4, 0.5) is 5.69 Å². The van der Waals surface area contributed by atoms with Gasteiger partial charge >= 0.3 is 0 Å². The van der Waals surface area contributed by atoms with Crippen LogP contribution in [0.3, 0.4) is 0 Å². The van der Waals surface area contributed by atoms with Gasteiger partial charge in [-0.05, 0) is 81.1 Å². The highest BCUT2D eigenvalue weighted by Gasteiger charge is 2.20. The zero-order chi connectivity index (χ0) is 20.8. The molecule has 0 atom stereocenters. The molecule has 0 aliphatic carbocycles. The highest BCUT2D eigenvalue weighted by Crippen LogP contribution is 2.28. The molecule has 4 heteroatoms. The van der Waals surface area contributed by atoms with Crippen LogP contribution in [0.1, 0.15) is 43.6 Å². The molecule has 4 rings (SSSR count). The van der Waals surface area contributed by atoms with Crippen molar-refractivity contribution in [2.75, 3.05) is 31.6 Å². The molecule has 156 valence electrons. The first kappa shape index (κ1) is 20.5. The van der Waals surface area contributed by atoms with E-state index < -0.39 is 0 Å². The molecule has 0 bridgehead atoms. The summed E-state index contributed by atoms with van der Waals surface area (Å²) in [5, 5.41) is 1.06. The molecular weight excluding hydrogens is 370 g/mol. The number of anilines is 1. The van der Waals surface area contributed by atoms with Crippen molar-refractivity contribution in [1.29, 1.82) is 0 Å². The van der Waals surface area contributed by atoms with Gasteiger partial charge in [0.05, 0.1) is 5.52 Å². The average molecular weight is 402 g/mol. The third-order valence-electron chi connectivity index (χ3n) is 6.32. The van der Waals surface area contributed by atoms with E-state index in [1.807, 2.05) is 37.4 Å². The molecule has 0 saturated carbocycles. The molecule has 1 fully saturated rings. The second kappa shape index (κ2) is 9.86. The number of amides is 1. The van der Waals surface area contributed by atoms with Crippen LogP contribution in [0, 0.1) is 0 Å². The number of hydrogen-bond donors (Lipinski definition) is 0. The van der Waals surface area contributed by atoms with Crippen LogP contribution in [0.15, 0.2) is 66.9 Å². The second-order valence-corrected chi connectivity index (χ2v) is 8.32. The number of aromatic nitrogens is 1. The van der Waals surface area contributed by atoms with Gasteiger partial charge in [0, 0.05) is 30.7 Å². The highest BCUT2D eigenvalue weighted by molar-refractivity contribution is 5.95. The monoisotopic (exact) mass is 401 g/mol. The Morgan fingerprint density at radius 1 is 1.03 bits per heavy atom. The van der Waals surface area contributed by atoms with E-state index in [-0.39, 0.29) is 5.91 Å². The summed E-state index contributed by atoms with van der Waals surface area (Å²) in [4.78, 5) is 21.3. The molecule has 1 aromatic heterocycles. The van der Waals surface area contributed by atoms with Gasteiger partial charge in [0.25, 0.3) is 0 Å². The molecule has 1 saturated heterocycles. The Morgan fingerprint density at radius 2 is 1.83 bits per heavy atom. The number of pyridine rings is 1. The fraction of sp³-hybridized carbons (Fsp3) is 0.385. The van der Waals surface area contributed by atoms with Crippen LogP contribution in [-0.4, -0.2) is 42.5 Å². The summed E-state index contributed by atoms with van der Waals surface area (Å²) in [6, 6.07) is 20.9. The maximum Gasteiger partial charge on any atom is 0.226 e. The minimum absolute atomic E-state index is 0.182. The molecular formula is C26H31N3O. The largest absolute Gasteiger partial charge is 0.315 e. The molecule has 1 aliphatic heterocycles. The number of carbonyl (C=O) groups is 1. The number of piperidine rings is 1. The van der Waals surface area contributed by atoms with Crippen LogP contribution in [0.2, 0.25) is 0 Å². The number of benzene rings is 2. The summed E-state index contributed by atoms with van der Waals surface area (Å²) in [5.41, 5.74) is 3.37. The van der Waals surface area contributed by atoms with Gasteiger partial charge in [0.15, 0.2) is 0 Å². The lowest BCUT2D eigenvalue weighted by Crippen LogP contribution is -2.33. The van der Waals surface area contributed by atoms with Gasteiger partial charge in [-0.3, -0.25) is 9.78 Å². The predicted octanol–water partition coefficient (Wildman–Crippen LogP) is 5.25. The Hall–Kier alpha value is -2.72. The SMILES string of the molecule is CN(C(=O)CCCCN1CCC(c2ccccc2)CC1)c1ccc2ncccc2c1. The van der Waals surface area contributed by atoms with Crippen molar-refractivity contribution in [2.45, 2.75) is 38.0 Å². The van der Waals surface area contributed by atoms with Gasteiger partial charge in [-0.1, -0.05) is 36.4 Å². The molecule has 0 spiro atoms. The summed E-state index contributed by atoms with van der Waals surface area (Å²) in [6.45, 7) is 3.43. The lowest BCUT2D eigenvalue weighted by atomic mass is 9.89. The summed E-state index contributed by atoms with van der Waals surface area (Å²) in [5.74, 6) is 0.885. The van der Waals surface area contributed by atoms with Crippen LogP contribution >= 0.6 is 0 Å². The molecule has 2 heterocycles. The topological polar surface area (TPSA) is 36.4 Å². The van der Waals surface area contributed by atoms with E-state index in [4.69, 9.17) is 0 Å². The Kier molecular flexibility index (Phi) is 6.75. The Morgan fingerprint density at radius 3 is 2.63 bits per heavy atom. The summed E-state index contributed by atoms with van der Waals surface area (Å²) < 4.78 is 0. The number of likely N-dealkylation sites (tertiary alicyclic amines) is 1. The molecule has 2 aromatic carbocycles. The van der Waals surface area contributed by atoms with E-state index in [2.05, 4.69) is 40.2 Å². The van der Waals surface area contributed by atoms with Crippen LogP contribution in [-0.2, 0) is 4.79 Å². The smallest absolute Gasteiger partial charge is 0.226 e. The molecule has 4 nitrogen and oxygen atoms in total. The molecule has 1 amide bonds. The quantitative estimate of drug-likeness (QED) is 0.508. The van der Waals surface area contributed by atoms with Crippen molar-refractivity contribution in [1.82, 2.24) is 9.88 Å². The van der Waals surface area contributed by atoms with Gasteiger partial charge < -0.3 is 9.80 Å². The Labute approximate surface area is 179 Å². The molecule has 0 radical (unpaired) electrons. The molecule has 0 N–H and O–H groups in total. The zero-order valence-electron chi connectivity index (χ0n) is 17.8. The molecule has 30 heavy (non-hydrogen) atoms. The lowest BCUT2D eigenvalue weighted by molar-refractivity contribution is -0.118. The first-order valence-electron chi connectivity index (χ1n) is 11.1. The van der Waals surface area contributed by atoms with Gasteiger partial charge in [-0.15, -0.1) is 0 Å². The van der Waals surface area contributed by atoms with Crippen molar-refractivity contribution in [3.63, 3.8) is 0 Å². The first-order valence-corrected chi connectivity index (χ1v) is 11.1. The fourth-order valence-electron chi connectivity index (χ4n) is 4.41. The van der Waals surface area contributed by atoms with E-state index in [9.17, 15) is 4.79 Å². The first-order chi connectivity index (χ1) is 14.7. The highest BCUT2D eigenvalue weighted by atomic mass is 16.2. The van der Waals surface area contributed by atoms with Crippen molar-refractivity contribution in [3.8, 4) is 0 Å². The fourth-order valence-corrected chi connectivity index (χ4v) is 4.41. The zero-order valence-corrected chi connectivity index (χ0v) is 17.8. The standard InChI is InChI=1S/C26H31N3O/c1-28(24-12-13-25-23(20-24)10-7-16-27-25)26(30)11-5-6-17-29-18-14-22(15-19-29)21-8-3-2-4-9-21/h2-4,7-10,12-13,16,20,22H,5-6,11,14-15,17-19H2,1H3. The van der Waals surface area contributed by atoms with Gasteiger partial charge in [-0.25, -0.2) is 0 Å². The number of hydrogen-bond acceptors (Lipinski definition) is 3. The normalized spacial score (nSPS) is 15.4. The van der Waals surface area contributed by atoms with Gasteiger partial charge in [0.1, 0.15) is 0 Å². The summed E-state index contributed by atoms with van der Waals surface area (Å²) >= 11 is 0. The van der Waals surface area contributed by atoms with Gasteiger partial charge in [0.2, 0.25) is 5.91 Å². The predicted molar refractivity (Wildman–Crippen MR) is 124 cm³/mol. The van der Waals surface area contributed by atoms with Crippen LogP contribution < -0.4 is 4.90 Å². The molecule has 1 aliphatic rings. The number of rotatable bonds is 7. The van der Waals surface area contributed by atoms with Crippen molar-refractivity contribution < 1.29 is 4.79 Å². The van der Waals surface area contributed by atoms with Crippen LogP contribution in [0.5, 0.6) is 0 Å². The second-order valence-electron chi connectivity index (χ2n) is 8.32. The minimum atomic E-state index is 0.182. The minimum Gasteiger partial charge on any atom is -0.315 e. The van der Waals surface area contributed by atoms with Crippen LogP contribution in [0.25, 0.3) is 10.9 Å². The average Bonchev–Trinajstić information content (AvgIpc) is 2.82. The van der Waals surface area contributed by atoms with Gasteiger partial charge in [-0.2, -0.15) is 0 Å². The number of nitrogens with zero attached hydrogens (tertiary/aromatic N) is 3. The van der Waals surface area contributed by atoms with Crippen molar-refractivity contribution in [3.05, 3.63) is 72.4 Å². The van der Waals surface area contributed by atoms with E-state index in [1.165, 1.54) is 31.5 Å². The Bertz CT molecular complexity index is 964. The Balaban J connectivity index is 1.18. The van der Waals surface area contributed by atoms with E-state index in [1.54, 1.807) is 11.1 Å². The van der Waals surface area contributed by atoms with Crippen molar-refractivity contribution in [2.24, 2.45) is 0 Å². The maximum absolute atomic E-state index is 12.6. The number of unbranched alkanes of at least 4 members (excludes halogenated alkanes) is 1.